The number of hydrogen-bond acceptors (Lipinski definition) is 4. The van der Waals surface area contributed by atoms with Crippen molar-refractivity contribution < 1.29 is 4.74 Å². The first-order valence-electron chi connectivity index (χ1n) is 7.36. The van der Waals surface area contributed by atoms with Crippen LogP contribution in [-0.4, -0.2) is 18.1 Å². The van der Waals surface area contributed by atoms with Crippen molar-refractivity contribution in [1.29, 1.82) is 0 Å². The SMILES string of the molecule is COc1cccc(C(NC(C)C)c2nc(C(C)C)cs2)c1. The van der Waals surface area contributed by atoms with Gasteiger partial charge in [0.15, 0.2) is 0 Å². The largest absolute Gasteiger partial charge is 0.497 e. The molecule has 114 valence electrons. The van der Waals surface area contributed by atoms with Crippen LogP contribution in [0.25, 0.3) is 0 Å². The maximum absolute atomic E-state index is 5.34. The number of hydrogen-bond donors (Lipinski definition) is 1. The van der Waals surface area contributed by atoms with E-state index in [4.69, 9.17) is 9.72 Å². The summed E-state index contributed by atoms with van der Waals surface area (Å²) in [4.78, 5) is 4.81. The van der Waals surface area contributed by atoms with Crippen molar-refractivity contribution in [3.63, 3.8) is 0 Å². The van der Waals surface area contributed by atoms with Crippen LogP contribution >= 0.6 is 11.3 Å². The molecule has 1 aromatic heterocycles. The minimum atomic E-state index is 0.109. The molecule has 0 fully saturated rings. The first-order chi connectivity index (χ1) is 10.0. The molecule has 0 saturated heterocycles. The maximum Gasteiger partial charge on any atom is 0.119 e. The summed E-state index contributed by atoms with van der Waals surface area (Å²) in [5.41, 5.74) is 2.35. The number of benzene rings is 1. The Balaban J connectivity index is 2.36. The van der Waals surface area contributed by atoms with E-state index in [1.807, 2.05) is 12.1 Å². The van der Waals surface area contributed by atoms with E-state index < -0.39 is 0 Å². The molecule has 3 nitrogen and oxygen atoms in total. The summed E-state index contributed by atoms with van der Waals surface area (Å²) in [6, 6.07) is 8.69. The molecule has 0 bridgehead atoms. The van der Waals surface area contributed by atoms with E-state index in [2.05, 4.69) is 50.5 Å². The van der Waals surface area contributed by atoms with Gasteiger partial charge in [0.2, 0.25) is 0 Å². The van der Waals surface area contributed by atoms with E-state index in [1.54, 1.807) is 18.4 Å². The van der Waals surface area contributed by atoms with Gasteiger partial charge in [-0.05, 0) is 37.5 Å². The first-order valence-corrected chi connectivity index (χ1v) is 8.24. The third kappa shape index (κ3) is 4.05. The molecule has 1 atom stereocenters. The summed E-state index contributed by atoms with van der Waals surface area (Å²) in [6.45, 7) is 8.67. The van der Waals surface area contributed by atoms with Crippen LogP contribution in [0.5, 0.6) is 5.75 Å². The molecule has 0 radical (unpaired) electrons. The van der Waals surface area contributed by atoms with Crippen LogP contribution in [0.2, 0.25) is 0 Å². The van der Waals surface area contributed by atoms with Crippen molar-refractivity contribution in [2.75, 3.05) is 7.11 Å². The molecular formula is C17H24N2OS. The molecule has 2 rings (SSSR count). The van der Waals surface area contributed by atoms with Crippen LogP contribution in [0.15, 0.2) is 29.6 Å². The molecule has 0 aliphatic carbocycles. The highest BCUT2D eigenvalue weighted by Gasteiger charge is 2.20. The van der Waals surface area contributed by atoms with Crippen molar-refractivity contribution in [2.45, 2.75) is 45.7 Å². The normalized spacial score (nSPS) is 12.9. The predicted molar refractivity (Wildman–Crippen MR) is 89.3 cm³/mol. The Morgan fingerprint density at radius 1 is 1.19 bits per heavy atom. The number of aromatic nitrogens is 1. The molecule has 1 heterocycles. The average Bonchev–Trinajstić information content (AvgIpc) is 2.94. The van der Waals surface area contributed by atoms with Gasteiger partial charge in [0.1, 0.15) is 10.8 Å². The highest BCUT2D eigenvalue weighted by atomic mass is 32.1. The Bertz CT molecular complexity index is 578. The molecule has 0 aliphatic heterocycles. The van der Waals surface area contributed by atoms with Crippen molar-refractivity contribution in [2.24, 2.45) is 0 Å². The zero-order valence-corrected chi connectivity index (χ0v) is 14.2. The van der Waals surface area contributed by atoms with Crippen LogP contribution in [0.1, 0.15) is 55.9 Å². The van der Waals surface area contributed by atoms with Gasteiger partial charge in [-0.25, -0.2) is 4.98 Å². The maximum atomic E-state index is 5.34. The van der Waals surface area contributed by atoms with Crippen molar-refractivity contribution >= 4 is 11.3 Å². The number of ether oxygens (including phenoxy) is 1. The number of rotatable bonds is 6. The topological polar surface area (TPSA) is 34.1 Å². The van der Waals surface area contributed by atoms with Crippen LogP contribution < -0.4 is 10.1 Å². The smallest absolute Gasteiger partial charge is 0.119 e. The lowest BCUT2D eigenvalue weighted by atomic mass is 10.1. The summed E-state index contributed by atoms with van der Waals surface area (Å²) in [6.07, 6.45) is 0. The summed E-state index contributed by atoms with van der Waals surface area (Å²) in [7, 11) is 1.70. The number of nitrogens with zero attached hydrogens (tertiary/aromatic N) is 1. The Hall–Kier alpha value is -1.39. The van der Waals surface area contributed by atoms with Gasteiger partial charge in [0.05, 0.1) is 18.8 Å². The number of nitrogens with one attached hydrogen (secondary N) is 1. The van der Waals surface area contributed by atoms with Crippen molar-refractivity contribution in [3.05, 3.63) is 45.9 Å². The third-order valence-corrected chi connectivity index (χ3v) is 4.23. The highest BCUT2D eigenvalue weighted by molar-refractivity contribution is 7.09. The molecule has 0 spiro atoms. The van der Waals surface area contributed by atoms with E-state index >= 15 is 0 Å². The zero-order valence-electron chi connectivity index (χ0n) is 13.4. The van der Waals surface area contributed by atoms with Crippen LogP contribution in [-0.2, 0) is 0 Å². The monoisotopic (exact) mass is 304 g/mol. The molecule has 1 aromatic carbocycles. The molecule has 21 heavy (non-hydrogen) atoms. The fourth-order valence-corrected chi connectivity index (χ4v) is 3.23. The second kappa shape index (κ2) is 7.05. The molecule has 2 aromatic rings. The standard InChI is InChI=1S/C17H24N2OS/c1-11(2)15-10-21-17(19-15)16(18-12(3)4)13-7-6-8-14(9-13)20-5/h6-12,16,18H,1-5H3. The van der Waals surface area contributed by atoms with Gasteiger partial charge in [0, 0.05) is 11.4 Å². The molecule has 4 heteroatoms. The molecule has 0 saturated carbocycles. The Labute approximate surface area is 131 Å². The fraction of sp³-hybridized carbons (Fsp3) is 0.471. The minimum Gasteiger partial charge on any atom is -0.497 e. The molecule has 0 amide bonds. The van der Waals surface area contributed by atoms with E-state index in [-0.39, 0.29) is 6.04 Å². The molecule has 1 N–H and O–H groups in total. The Morgan fingerprint density at radius 3 is 2.52 bits per heavy atom. The lowest BCUT2D eigenvalue weighted by Crippen LogP contribution is -2.29. The predicted octanol–water partition coefficient (Wildman–Crippen LogP) is 4.36. The van der Waals surface area contributed by atoms with Gasteiger partial charge < -0.3 is 10.1 Å². The van der Waals surface area contributed by atoms with Gasteiger partial charge in [-0.3, -0.25) is 0 Å². The molecule has 1 unspecified atom stereocenters. The zero-order chi connectivity index (χ0) is 15.4. The quantitative estimate of drug-likeness (QED) is 0.861. The number of thiazole rings is 1. The Morgan fingerprint density at radius 2 is 1.95 bits per heavy atom. The summed E-state index contributed by atoms with van der Waals surface area (Å²) >= 11 is 1.72. The average molecular weight is 304 g/mol. The number of methoxy groups -OCH3 is 1. The first kappa shape index (κ1) is 16.0. The van der Waals surface area contributed by atoms with Crippen molar-refractivity contribution in [1.82, 2.24) is 10.3 Å². The van der Waals surface area contributed by atoms with Crippen LogP contribution in [0.4, 0.5) is 0 Å². The molecular weight excluding hydrogens is 280 g/mol. The van der Waals surface area contributed by atoms with E-state index in [9.17, 15) is 0 Å². The van der Waals surface area contributed by atoms with E-state index in [1.165, 1.54) is 5.56 Å². The van der Waals surface area contributed by atoms with Gasteiger partial charge in [-0.2, -0.15) is 0 Å². The third-order valence-electron chi connectivity index (χ3n) is 3.31. The van der Waals surface area contributed by atoms with Crippen molar-refractivity contribution in [3.8, 4) is 5.75 Å². The highest BCUT2D eigenvalue weighted by Crippen LogP contribution is 2.29. The summed E-state index contributed by atoms with van der Waals surface area (Å²) in [5.74, 6) is 1.34. The summed E-state index contributed by atoms with van der Waals surface area (Å²) in [5, 5.41) is 6.88. The van der Waals surface area contributed by atoms with Gasteiger partial charge >= 0.3 is 0 Å². The Kier molecular flexibility index (Phi) is 5.37. The van der Waals surface area contributed by atoms with Gasteiger partial charge in [-0.1, -0.05) is 26.0 Å². The second-order valence-electron chi connectivity index (χ2n) is 5.80. The fourth-order valence-electron chi connectivity index (χ4n) is 2.16. The second-order valence-corrected chi connectivity index (χ2v) is 6.69. The van der Waals surface area contributed by atoms with E-state index in [0.717, 1.165) is 16.5 Å². The lowest BCUT2D eigenvalue weighted by Gasteiger charge is -2.20. The summed E-state index contributed by atoms with van der Waals surface area (Å²) < 4.78 is 5.34. The molecule has 0 aliphatic rings. The van der Waals surface area contributed by atoms with Gasteiger partial charge in [-0.15, -0.1) is 11.3 Å². The minimum absolute atomic E-state index is 0.109. The lowest BCUT2D eigenvalue weighted by molar-refractivity contribution is 0.413. The van der Waals surface area contributed by atoms with Gasteiger partial charge in [0.25, 0.3) is 0 Å². The van der Waals surface area contributed by atoms with E-state index in [0.29, 0.717) is 12.0 Å². The van der Waals surface area contributed by atoms with Crippen LogP contribution in [0, 0.1) is 0 Å². The van der Waals surface area contributed by atoms with Crippen LogP contribution in [0.3, 0.4) is 0 Å².